The molecular weight excluding hydrogens is 261 g/mol. The second-order valence-corrected chi connectivity index (χ2v) is 4.52. The zero-order valence-corrected chi connectivity index (χ0v) is 10.2. The van der Waals surface area contributed by atoms with Crippen LogP contribution in [0.25, 0.3) is 0 Å². The van der Waals surface area contributed by atoms with Crippen molar-refractivity contribution in [1.29, 1.82) is 0 Å². The van der Waals surface area contributed by atoms with Crippen molar-refractivity contribution >= 4 is 0 Å². The lowest BCUT2D eigenvalue weighted by atomic mass is 10.0. The van der Waals surface area contributed by atoms with Gasteiger partial charge in [-0.3, -0.25) is 0 Å². The molecular formula is C13H15F3O3. The lowest BCUT2D eigenvalue weighted by Crippen LogP contribution is -2.27. The summed E-state index contributed by atoms with van der Waals surface area (Å²) in [6.07, 6.45) is -4.23. The monoisotopic (exact) mass is 276 g/mol. The Morgan fingerprint density at radius 1 is 1.32 bits per heavy atom. The molecule has 106 valence electrons. The fourth-order valence-electron chi connectivity index (χ4n) is 1.91. The van der Waals surface area contributed by atoms with Gasteiger partial charge in [0, 0.05) is 12.5 Å². The van der Waals surface area contributed by atoms with Gasteiger partial charge in [0.15, 0.2) is 0 Å². The first-order chi connectivity index (χ1) is 8.97. The van der Waals surface area contributed by atoms with Gasteiger partial charge in [0.05, 0.1) is 18.3 Å². The third-order valence-corrected chi connectivity index (χ3v) is 3.11. The number of ether oxygens (including phenoxy) is 2. The van der Waals surface area contributed by atoms with Gasteiger partial charge >= 0.3 is 6.18 Å². The molecule has 0 radical (unpaired) electrons. The molecule has 1 heterocycles. The first-order valence-corrected chi connectivity index (χ1v) is 6.02. The van der Waals surface area contributed by atoms with Crippen molar-refractivity contribution in [3.8, 4) is 5.75 Å². The third-order valence-electron chi connectivity index (χ3n) is 3.11. The van der Waals surface area contributed by atoms with Crippen molar-refractivity contribution in [2.45, 2.75) is 18.7 Å². The van der Waals surface area contributed by atoms with Gasteiger partial charge in [-0.25, -0.2) is 0 Å². The molecule has 19 heavy (non-hydrogen) atoms. The van der Waals surface area contributed by atoms with E-state index in [4.69, 9.17) is 9.47 Å². The topological polar surface area (TPSA) is 38.7 Å². The zero-order chi connectivity index (χ0) is 13.9. The van der Waals surface area contributed by atoms with Gasteiger partial charge in [0.1, 0.15) is 12.4 Å². The van der Waals surface area contributed by atoms with Crippen LogP contribution in [0.4, 0.5) is 13.2 Å². The summed E-state index contributed by atoms with van der Waals surface area (Å²) in [4.78, 5) is 0. The molecule has 1 N–H and O–H groups in total. The molecule has 1 fully saturated rings. The normalized spacial score (nSPS) is 21.4. The Balaban J connectivity index is 1.86. The van der Waals surface area contributed by atoms with Crippen LogP contribution in [0.2, 0.25) is 0 Å². The quantitative estimate of drug-likeness (QED) is 0.918. The Kier molecular flexibility index (Phi) is 4.31. The van der Waals surface area contributed by atoms with E-state index in [1.54, 1.807) is 0 Å². The Hall–Kier alpha value is -1.27. The highest BCUT2D eigenvalue weighted by molar-refractivity contribution is 5.28. The predicted octanol–water partition coefficient (Wildman–Crippen LogP) is 2.48. The van der Waals surface area contributed by atoms with Crippen LogP contribution < -0.4 is 4.74 Å². The zero-order valence-electron chi connectivity index (χ0n) is 10.2. The first kappa shape index (κ1) is 14.1. The number of alkyl halides is 3. The maximum atomic E-state index is 12.3. The summed E-state index contributed by atoms with van der Waals surface area (Å²) in [7, 11) is 0. The third kappa shape index (κ3) is 3.84. The fraction of sp³-hybridized carbons (Fsp3) is 0.538. The van der Waals surface area contributed by atoms with Gasteiger partial charge in [-0.15, -0.1) is 0 Å². The van der Waals surface area contributed by atoms with E-state index < -0.39 is 17.8 Å². The number of aliphatic hydroxyl groups excluding tert-OH is 1. The molecule has 1 aliphatic rings. The van der Waals surface area contributed by atoms with E-state index in [9.17, 15) is 18.3 Å². The van der Waals surface area contributed by atoms with Crippen molar-refractivity contribution in [2.75, 3.05) is 19.8 Å². The molecule has 3 nitrogen and oxygen atoms in total. The van der Waals surface area contributed by atoms with Crippen LogP contribution >= 0.6 is 0 Å². The van der Waals surface area contributed by atoms with Crippen molar-refractivity contribution in [1.82, 2.24) is 0 Å². The standard InChI is InChI=1S/C13H15F3O3/c14-13(15,16)10-1-3-11(4-2-10)19-8-12(17)9-5-6-18-7-9/h1-4,9,12,17H,5-8H2. The highest BCUT2D eigenvalue weighted by Crippen LogP contribution is 2.30. The van der Waals surface area contributed by atoms with E-state index in [1.165, 1.54) is 12.1 Å². The summed E-state index contributed by atoms with van der Waals surface area (Å²) in [5.41, 5.74) is -0.718. The summed E-state index contributed by atoms with van der Waals surface area (Å²) in [6.45, 7) is 1.18. The Bertz CT molecular complexity index is 397. The molecule has 1 aromatic carbocycles. The van der Waals surface area contributed by atoms with E-state index in [-0.39, 0.29) is 12.5 Å². The highest BCUT2D eigenvalue weighted by Gasteiger charge is 2.30. The molecule has 0 spiro atoms. The van der Waals surface area contributed by atoms with E-state index >= 15 is 0 Å². The molecule has 0 bridgehead atoms. The molecule has 0 aromatic heterocycles. The largest absolute Gasteiger partial charge is 0.491 e. The number of rotatable bonds is 4. The molecule has 6 heteroatoms. The van der Waals surface area contributed by atoms with Crippen LogP contribution in [0.5, 0.6) is 5.75 Å². The minimum absolute atomic E-state index is 0.0365. The average Bonchev–Trinajstić information content (AvgIpc) is 2.89. The van der Waals surface area contributed by atoms with Gasteiger partial charge in [-0.05, 0) is 30.7 Å². The Morgan fingerprint density at radius 3 is 2.53 bits per heavy atom. The molecule has 0 aliphatic carbocycles. The maximum absolute atomic E-state index is 12.3. The number of benzene rings is 1. The van der Waals surface area contributed by atoms with Gasteiger partial charge in [0.25, 0.3) is 0 Å². The lowest BCUT2D eigenvalue weighted by Gasteiger charge is -2.17. The van der Waals surface area contributed by atoms with Gasteiger partial charge < -0.3 is 14.6 Å². The Labute approximate surface area is 108 Å². The van der Waals surface area contributed by atoms with Gasteiger partial charge in [0.2, 0.25) is 0 Å². The molecule has 1 aromatic rings. The molecule has 0 saturated carbocycles. The maximum Gasteiger partial charge on any atom is 0.416 e. The van der Waals surface area contributed by atoms with Crippen LogP contribution in [-0.4, -0.2) is 31.0 Å². The summed E-state index contributed by atoms with van der Waals surface area (Å²) >= 11 is 0. The van der Waals surface area contributed by atoms with Gasteiger partial charge in [-0.1, -0.05) is 0 Å². The smallest absolute Gasteiger partial charge is 0.416 e. The molecule has 1 saturated heterocycles. The molecule has 2 unspecified atom stereocenters. The van der Waals surface area contributed by atoms with Crippen LogP contribution in [0, 0.1) is 5.92 Å². The number of hydrogen-bond donors (Lipinski definition) is 1. The second-order valence-electron chi connectivity index (χ2n) is 4.52. The summed E-state index contributed by atoms with van der Waals surface area (Å²) in [6, 6.07) is 4.42. The summed E-state index contributed by atoms with van der Waals surface area (Å²) in [5.74, 6) is 0.348. The molecule has 2 rings (SSSR count). The van der Waals surface area contributed by atoms with Crippen molar-refractivity contribution in [2.24, 2.45) is 5.92 Å². The summed E-state index contributed by atoms with van der Waals surface area (Å²) < 4.78 is 47.4. The van der Waals surface area contributed by atoms with Crippen LogP contribution in [-0.2, 0) is 10.9 Å². The molecule has 2 atom stereocenters. The van der Waals surface area contributed by atoms with E-state index in [1.807, 2.05) is 0 Å². The van der Waals surface area contributed by atoms with E-state index in [0.29, 0.717) is 19.0 Å². The number of halogens is 3. The average molecular weight is 276 g/mol. The minimum Gasteiger partial charge on any atom is -0.491 e. The molecule has 1 aliphatic heterocycles. The van der Waals surface area contributed by atoms with Crippen molar-refractivity contribution < 1.29 is 27.8 Å². The van der Waals surface area contributed by atoms with Crippen LogP contribution in [0.1, 0.15) is 12.0 Å². The molecule has 0 amide bonds. The minimum atomic E-state index is -4.35. The van der Waals surface area contributed by atoms with Crippen molar-refractivity contribution in [3.63, 3.8) is 0 Å². The Morgan fingerprint density at radius 2 is 2.00 bits per heavy atom. The number of aliphatic hydroxyl groups is 1. The van der Waals surface area contributed by atoms with Crippen LogP contribution in [0.15, 0.2) is 24.3 Å². The SMILES string of the molecule is OC(COc1ccc(C(F)(F)F)cc1)C1CCOC1. The summed E-state index contributed by atoms with van der Waals surface area (Å²) in [5, 5.41) is 9.81. The number of hydrogen-bond acceptors (Lipinski definition) is 3. The van der Waals surface area contributed by atoms with E-state index in [0.717, 1.165) is 18.6 Å². The van der Waals surface area contributed by atoms with Crippen molar-refractivity contribution in [3.05, 3.63) is 29.8 Å². The van der Waals surface area contributed by atoms with Gasteiger partial charge in [-0.2, -0.15) is 13.2 Å². The highest BCUT2D eigenvalue weighted by atomic mass is 19.4. The lowest BCUT2D eigenvalue weighted by molar-refractivity contribution is -0.137. The fourth-order valence-corrected chi connectivity index (χ4v) is 1.91. The van der Waals surface area contributed by atoms with Crippen LogP contribution in [0.3, 0.4) is 0 Å². The van der Waals surface area contributed by atoms with E-state index in [2.05, 4.69) is 0 Å². The first-order valence-electron chi connectivity index (χ1n) is 6.02. The second kappa shape index (κ2) is 5.79. The predicted molar refractivity (Wildman–Crippen MR) is 61.9 cm³/mol.